The van der Waals surface area contributed by atoms with Crippen LogP contribution in [0.5, 0.6) is 0 Å². The van der Waals surface area contributed by atoms with Crippen LogP contribution in [0.15, 0.2) is 40.9 Å². The molecule has 0 fully saturated rings. The maximum Gasteiger partial charge on any atom is 0.273 e. The molecule has 0 saturated carbocycles. The van der Waals surface area contributed by atoms with Gasteiger partial charge in [-0.3, -0.25) is 10.1 Å². The fourth-order valence-electron chi connectivity index (χ4n) is 2.12. The van der Waals surface area contributed by atoms with Gasteiger partial charge in [-0.1, -0.05) is 24.3 Å². The van der Waals surface area contributed by atoms with Gasteiger partial charge in [-0.05, 0) is 40.0 Å². The molecule has 5 nitrogen and oxygen atoms in total. The third kappa shape index (κ3) is 3.59. The van der Waals surface area contributed by atoms with E-state index >= 15 is 0 Å². The van der Waals surface area contributed by atoms with E-state index in [9.17, 15) is 10.1 Å². The molecule has 110 valence electrons. The largest absolute Gasteiger partial charge is 0.380 e. The summed E-state index contributed by atoms with van der Waals surface area (Å²) in [5, 5.41) is 14.2. The zero-order chi connectivity index (χ0) is 15.4. The second kappa shape index (κ2) is 6.69. The Balaban J connectivity index is 2.21. The number of aryl methyl sites for hydroxylation is 1. The first-order valence-corrected chi connectivity index (χ1v) is 7.27. The van der Waals surface area contributed by atoms with Crippen molar-refractivity contribution in [3.63, 3.8) is 0 Å². The highest BCUT2D eigenvalue weighted by Gasteiger charge is 2.14. The fraction of sp³-hybridized carbons (Fsp3) is 0.200. The Labute approximate surface area is 131 Å². The van der Waals surface area contributed by atoms with Gasteiger partial charge in [0, 0.05) is 34.9 Å². The third-order valence-electron chi connectivity index (χ3n) is 3.29. The Bertz CT molecular complexity index is 674. The Morgan fingerprint density at radius 1 is 1.29 bits per heavy atom. The molecular formula is C15H16BrN3O2. The van der Waals surface area contributed by atoms with Crippen molar-refractivity contribution in [2.75, 3.05) is 5.32 Å². The van der Waals surface area contributed by atoms with Crippen LogP contribution in [-0.4, -0.2) is 4.92 Å². The van der Waals surface area contributed by atoms with E-state index in [2.05, 4.69) is 21.2 Å². The highest BCUT2D eigenvalue weighted by atomic mass is 79.9. The van der Waals surface area contributed by atoms with E-state index in [4.69, 9.17) is 5.73 Å². The Morgan fingerprint density at radius 3 is 2.57 bits per heavy atom. The normalized spacial score (nSPS) is 10.4. The van der Waals surface area contributed by atoms with Gasteiger partial charge in [-0.25, -0.2) is 0 Å². The van der Waals surface area contributed by atoms with E-state index in [0.29, 0.717) is 23.1 Å². The first kappa shape index (κ1) is 15.5. The molecule has 0 aliphatic rings. The van der Waals surface area contributed by atoms with Gasteiger partial charge >= 0.3 is 0 Å². The Hall–Kier alpha value is -1.92. The topological polar surface area (TPSA) is 81.2 Å². The average Bonchev–Trinajstić information content (AvgIpc) is 2.47. The number of nitrogens with zero attached hydrogens (tertiary/aromatic N) is 1. The minimum atomic E-state index is -0.381. The summed E-state index contributed by atoms with van der Waals surface area (Å²) in [5.74, 6) is 0. The van der Waals surface area contributed by atoms with Gasteiger partial charge in [-0.2, -0.15) is 0 Å². The molecule has 2 rings (SSSR count). The lowest BCUT2D eigenvalue weighted by atomic mass is 10.1. The van der Waals surface area contributed by atoms with Crippen LogP contribution < -0.4 is 11.1 Å². The second-order valence-corrected chi connectivity index (χ2v) is 5.56. The summed E-state index contributed by atoms with van der Waals surface area (Å²) < 4.78 is 0.671. The lowest BCUT2D eigenvalue weighted by Gasteiger charge is -2.12. The van der Waals surface area contributed by atoms with E-state index in [0.717, 1.165) is 16.8 Å². The van der Waals surface area contributed by atoms with Crippen molar-refractivity contribution in [3.05, 3.63) is 67.7 Å². The molecule has 0 aromatic heterocycles. The molecule has 3 N–H and O–H groups in total. The van der Waals surface area contributed by atoms with Gasteiger partial charge in [0.25, 0.3) is 5.69 Å². The number of anilines is 1. The van der Waals surface area contributed by atoms with Crippen LogP contribution in [0, 0.1) is 17.0 Å². The standard InChI is InChI=1S/C15H16BrN3O2/c1-10-6-14(13(16)7-15(10)19(20)21)18-9-12-5-3-2-4-11(12)8-17/h2-7,18H,8-9,17H2,1H3. The van der Waals surface area contributed by atoms with Crippen LogP contribution in [0.25, 0.3) is 0 Å². The molecule has 2 aromatic carbocycles. The molecule has 0 bridgehead atoms. The minimum absolute atomic E-state index is 0.106. The van der Waals surface area contributed by atoms with E-state index in [1.807, 2.05) is 24.3 Å². The molecule has 2 aromatic rings. The first-order chi connectivity index (χ1) is 10.0. The highest BCUT2D eigenvalue weighted by molar-refractivity contribution is 9.10. The predicted molar refractivity (Wildman–Crippen MR) is 87.2 cm³/mol. The van der Waals surface area contributed by atoms with Crippen molar-refractivity contribution in [1.29, 1.82) is 0 Å². The van der Waals surface area contributed by atoms with Crippen LogP contribution in [-0.2, 0) is 13.1 Å². The summed E-state index contributed by atoms with van der Waals surface area (Å²) in [5.41, 5.74) is 9.46. The highest BCUT2D eigenvalue weighted by Crippen LogP contribution is 2.31. The van der Waals surface area contributed by atoms with Gasteiger partial charge in [0.2, 0.25) is 0 Å². The predicted octanol–water partition coefficient (Wildman–Crippen LogP) is 3.74. The third-order valence-corrected chi connectivity index (χ3v) is 3.95. The van der Waals surface area contributed by atoms with Gasteiger partial charge in [0.1, 0.15) is 0 Å². The first-order valence-electron chi connectivity index (χ1n) is 6.48. The minimum Gasteiger partial charge on any atom is -0.380 e. The van der Waals surface area contributed by atoms with Crippen LogP contribution in [0.2, 0.25) is 0 Å². The molecule has 0 amide bonds. The molecule has 0 heterocycles. The lowest BCUT2D eigenvalue weighted by molar-refractivity contribution is -0.385. The van der Waals surface area contributed by atoms with E-state index in [1.165, 1.54) is 6.07 Å². The SMILES string of the molecule is Cc1cc(NCc2ccccc2CN)c(Br)cc1[N+](=O)[O-]. The Morgan fingerprint density at radius 2 is 1.95 bits per heavy atom. The summed E-state index contributed by atoms with van der Waals surface area (Å²) in [6, 6.07) is 11.2. The van der Waals surface area contributed by atoms with Gasteiger partial charge in [0.05, 0.1) is 4.92 Å². The monoisotopic (exact) mass is 349 g/mol. The van der Waals surface area contributed by atoms with Crippen LogP contribution in [0.1, 0.15) is 16.7 Å². The lowest BCUT2D eigenvalue weighted by Crippen LogP contribution is -2.07. The quantitative estimate of drug-likeness (QED) is 0.636. The molecule has 0 saturated heterocycles. The van der Waals surface area contributed by atoms with Gasteiger partial charge in [0.15, 0.2) is 0 Å². The number of nitro benzene ring substituents is 1. The van der Waals surface area contributed by atoms with Crippen molar-refractivity contribution >= 4 is 27.3 Å². The summed E-state index contributed by atoms with van der Waals surface area (Å²) in [6.45, 7) is 2.82. The molecule has 0 radical (unpaired) electrons. The van der Waals surface area contributed by atoms with Crippen molar-refractivity contribution < 1.29 is 4.92 Å². The molecule has 0 spiro atoms. The van der Waals surface area contributed by atoms with E-state index in [-0.39, 0.29) is 10.6 Å². The summed E-state index contributed by atoms with van der Waals surface area (Å²) in [7, 11) is 0. The number of halogens is 1. The number of hydrogen-bond donors (Lipinski definition) is 2. The fourth-order valence-corrected chi connectivity index (χ4v) is 2.59. The van der Waals surface area contributed by atoms with Crippen molar-refractivity contribution in [2.24, 2.45) is 5.73 Å². The smallest absolute Gasteiger partial charge is 0.273 e. The molecule has 6 heteroatoms. The summed E-state index contributed by atoms with van der Waals surface area (Å²) >= 11 is 3.37. The van der Waals surface area contributed by atoms with Crippen LogP contribution in [0.3, 0.4) is 0 Å². The number of nitrogens with two attached hydrogens (primary N) is 1. The molecule has 0 atom stereocenters. The van der Waals surface area contributed by atoms with E-state index in [1.54, 1.807) is 13.0 Å². The molecule has 0 aliphatic carbocycles. The van der Waals surface area contributed by atoms with E-state index < -0.39 is 0 Å². The van der Waals surface area contributed by atoms with Crippen molar-refractivity contribution in [1.82, 2.24) is 0 Å². The molecule has 0 unspecified atom stereocenters. The molecule has 21 heavy (non-hydrogen) atoms. The zero-order valence-electron chi connectivity index (χ0n) is 11.6. The molecule has 0 aliphatic heterocycles. The van der Waals surface area contributed by atoms with Gasteiger partial charge in [-0.15, -0.1) is 0 Å². The van der Waals surface area contributed by atoms with Crippen molar-refractivity contribution in [3.8, 4) is 0 Å². The van der Waals surface area contributed by atoms with Crippen molar-refractivity contribution in [2.45, 2.75) is 20.0 Å². The number of nitro groups is 1. The number of benzene rings is 2. The number of hydrogen-bond acceptors (Lipinski definition) is 4. The number of nitrogens with one attached hydrogen (secondary N) is 1. The maximum atomic E-state index is 10.9. The summed E-state index contributed by atoms with van der Waals surface area (Å²) in [6.07, 6.45) is 0. The molecular weight excluding hydrogens is 334 g/mol. The van der Waals surface area contributed by atoms with Crippen LogP contribution in [0.4, 0.5) is 11.4 Å². The zero-order valence-corrected chi connectivity index (χ0v) is 13.2. The van der Waals surface area contributed by atoms with Gasteiger partial charge < -0.3 is 11.1 Å². The number of rotatable bonds is 5. The summed E-state index contributed by atoms with van der Waals surface area (Å²) in [4.78, 5) is 10.5. The average molecular weight is 350 g/mol. The Kier molecular flexibility index (Phi) is 4.93. The second-order valence-electron chi connectivity index (χ2n) is 4.70. The van der Waals surface area contributed by atoms with Crippen LogP contribution >= 0.6 is 15.9 Å². The maximum absolute atomic E-state index is 10.9.